The smallest absolute Gasteiger partial charge is 0.326 e. The summed E-state index contributed by atoms with van der Waals surface area (Å²) in [5, 5.41) is 3.40. The second-order valence-corrected chi connectivity index (χ2v) is 9.79. The van der Waals surface area contributed by atoms with Crippen molar-refractivity contribution in [3.05, 3.63) is 65.2 Å². The van der Waals surface area contributed by atoms with Gasteiger partial charge in [0.05, 0.1) is 24.6 Å². The van der Waals surface area contributed by atoms with Crippen molar-refractivity contribution in [2.24, 2.45) is 11.8 Å². The molecular weight excluding hydrogens is 452 g/mol. The normalized spacial score (nSPS) is 26.0. The first-order valence-electron chi connectivity index (χ1n) is 11.2. The molecule has 2 amide bonds. The number of methoxy groups -OCH3 is 1. The molecule has 0 aliphatic carbocycles. The van der Waals surface area contributed by atoms with Gasteiger partial charge in [-0.2, -0.15) is 11.8 Å². The predicted octanol–water partition coefficient (Wildman–Crippen LogP) is 3.31. The largest absolute Gasteiger partial charge is 0.468 e. The lowest BCUT2D eigenvalue weighted by atomic mass is 9.77. The van der Waals surface area contributed by atoms with Gasteiger partial charge in [-0.15, -0.1) is 0 Å². The van der Waals surface area contributed by atoms with E-state index < -0.39 is 35.3 Å². The summed E-state index contributed by atoms with van der Waals surface area (Å²) in [5.41, 5.74) is 1.23. The maximum atomic E-state index is 13.9. The van der Waals surface area contributed by atoms with Crippen molar-refractivity contribution in [2.75, 3.05) is 24.0 Å². The number of aryl methyl sites for hydroxylation is 1. The number of carbonyl (C=O) groups is 4. The second kappa shape index (κ2) is 9.35. The monoisotopic (exact) mass is 480 g/mol. The van der Waals surface area contributed by atoms with Crippen LogP contribution in [0.3, 0.4) is 0 Å². The number of fused-ring (bicyclic) bond motifs is 1. The van der Waals surface area contributed by atoms with Crippen LogP contribution in [-0.2, 0) is 19.1 Å². The fourth-order valence-electron chi connectivity index (χ4n) is 5.29. The summed E-state index contributed by atoms with van der Waals surface area (Å²) in [6.45, 7) is 3.38. The molecule has 1 N–H and O–H groups in total. The number of esters is 1. The van der Waals surface area contributed by atoms with Crippen LogP contribution in [0.4, 0.5) is 5.69 Å². The Bertz CT molecular complexity index is 1170. The molecule has 0 saturated carbocycles. The standard InChI is InChI=1S/C26H28N2O5S/c1-15-8-5-6-11-19(15)22-20-21(26(27-22,12-13-34-4)25(32)33-3)24(31)28(23(20)30)18-10-7-9-17(14-18)16(2)29/h5-11,14,20-22,27H,12-13H2,1-4H3/t20-,21-,22+,26+/m0/s1. The molecular formula is C26H28N2O5S. The van der Waals surface area contributed by atoms with Crippen LogP contribution in [0, 0.1) is 18.8 Å². The number of ketones is 1. The van der Waals surface area contributed by atoms with E-state index in [0.29, 0.717) is 23.4 Å². The Balaban J connectivity index is 1.88. The molecule has 0 bridgehead atoms. The van der Waals surface area contributed by atoms with Crippen LogP contribution >= 0.6 is 11.8 Å². The maximum absolute atomic E-state index is 13.9. The molecule has 4 atom stereocenters. The van der Waals surface area contributed by atoms with Gasteiger partial charge in [-0.05, 0) is 55.5 Å². The zero-order valence-corrected chi connectivity index (χ0v) is 20.5. The highest BCUT2D eigenvalue weighted by Crippen LogP contribution is 2.52. The summed E-state index contributed by atoms with van der Waals surface area (Å²) in [5.74, 6) is -2.65. The molecule has 8 heteroatoms. The third-order valence-corrected chi connectivity index (χ3v) is 7.55. The average Bonchev–Trinajstić information content (AvgIpc) is 3.31. The Morgan fingerprint density at radius 2 is 1.85 bits per heavy atom. The van der Waals surface area contributed by atoms with Crippen molar-refractivity contribution in [2.45, 2.75) is 31.8 Å². The molecule has 2 saturated heterocycles. The highest BCUT2D eigenvalue weighted by Gasteiger charge is 2.68. The van der Waals surface area contributed by atoms with Crippen LogP contribution in [0.15, 0.2) is 48.5 Å². The Hall–Kier alpha value is -2.97. The van der Waals surface area contributed by atoms with Gasteiger partial charge in [0.1, 0.15) is 5.54 Å². The number of amides is 2. The molecule has 2 fully saturated rings. The number of rotatable bonds is 7. The van der Waals surface area contributed by atoms with Crippen molar-refractivity contribution < 1.29 is 23.9 Å². The van der Waals surface area contributed by atoms with Crippen molar-refractivity contribution >= 4 is 41.0 Å². The molecule has 4 rings (SSSR count). The summed E-state index contributed by atoms with van der Waals surface area (Å²) in [6, 6.07) is 13.6. The highest BCUT2D eigenvalue weighted by molar-refractivity contribution is 7.98. The van der Waals surface area contributed by atoms with Gasteiger partial charge in [-0.3, -0.25) is 24.5 Å². The van der Waals surface area contributed by atoms with E-state index in [1.807, 2.05) is 37.4 Å². The first-order chi connectivity index (χ1) is 16.3. The number of imide groups is 1. The van der Waals surface area contributed by atoms with Crippen LogP contribution in [-0.4, -0.2) is 48.2 Å². The summed E-state index contributed by atoms with van der Waals surface area (Å²) in [6.07, 6.45) is 2.27. The van der Waals surface area contributed by atoms with Crippen molar-refractivity contribution in [3.63, 3.8) is 0 Å². The number of hydrogen-bond acceptors (Lipinski definition) is 7. The molecule has 2 aliphatic heterocycles. The summed E-state index contributed by atoms with van der Waals surface area (Å²) < 4.78 is 5.19. The Morgan fingerprint density at radius 3 is 2.50 bits per heavy atom. The van der Waals surface area contributed by atoms with Gasteiger partial charge < -0.3 is 4.74 Å². The number of carbonyl (C=O) groups excluding carboxylic acids is 4. The number of benzene rings is 2. The molecule has 2 aliphatic rings. The SMILES string of the molecule is COC(=O)[C@]1(CCSC)N[C@H](c2ccccc2C)[C@H]2C(=O)N(c3cccc(C(C)=O)c3)C(=O)[C@H]21. The predicted molar refractivity (Wildman–Crippen MR) is 131 cm³/mol. The zero-order chi connectivity index (χ0) is 24.6. The first-order valence-corrected chi connectivity index (χ1v) is 12.6. The fourth-order valence-corrected chi connectivity index (χ4v) is 5.81. The molecule has 178 valence electrons. The summed E-state index contributed by atoms with van der Waals surface area (Å²) in [4.78, 5) is 54.1. The van der Waals surface area contributed by atoms with Crippen molar-refractivity contribution in [1.29, 1.82) is 0 Å². The minimum absolute atomic E-state index is 0.163. The molecule has 0 radical (unpaired) electrons. The van der Waals surface area contributed by atoms with Gasteiger partial charge in [0.15, 0.2) is 5.78 Å². The Kier molecular flexibility index (Phi) is 6.64. The molecule has 2 heterocycles. The average molecular weight is 481 g/mol. The summed E-state index contributed by atoms with van der Waals surface area (Å²) >= 11 is 1.56. The number of thioether (sulfide) groups is 1. The van der Waals surface area contributed by atoms with E-state index in [-0.39, 0.29) is 11.7 Å². The van der Waals surface area contributed by atoms with E-state index in [4.69, 9.17) is 4.74 Å². The lowest BCUT2D eigenvalue weighted by Gasteiger charge is -2.32. The van der Waals surface area contributed by atoms with Gasteiger partial charge in [-0.1, -0.05) is 36.4 Å². The van der Waals surface area contributed by atoms with Crippen molar-refractivity contribution in [3.8, 4) is 0 Å². The Morgan fingerprint density at radius 1 is 1.12 bits per heavy atom. The molecule has 0 unspecified atom stereocenters. The minimum atomic E-state index is -1.34. The second-order valence-electron chi connectivity index (χ2n) is 8.81. The van der Waals surface area contributed by atoms with Gasteiger partial charge >= 0.3 is 5.97 Å². The molecule has 2 aromatic rings. The maximum Gasteiger partial charge on any atom is 0.326 e. The third kappa shape index (κ3) is 3.75. The number of hydrogen-bond donors (Lipinski definition) is 1. The van der Waals surface area contributed by atoms with Crippen LogP contribution in [0.5, 0.6) is 0 Å². The van der Waals surface area contributed by atoms with E-state index in [2.05, 4.69) is 5.32 Å². The van der Waals surface area contributed by atoms with Crippen LogP contribution in [0.25, 0.3) is 0 Å². The number of Topliss-reactive ketones (excluding diaryl/α,β-unsaturated/α-hetero) is 1. The number of nitrogens with zero attached hydrogens (tertiary/aromatic N) is 1. The topological polar surface area (TPSA) is 92.8 Å². The number of ether oxygens (including phenoxy) is 1. The lowest BCUT2D eigenvalue weighted by molar-refractivity contribution is -0.152. The fraction of sp³-hybridized carbons (Fsp3) is 0.385. The lowest BCUT2D eigenvalue weighted by Crippen LogP contribution is -2.56. The quantitative estimate of drug-likeness (QED) is 0.369. The van der Waals surface area contributed by atoms with Gasteiger partial charge in [0, 0.05) is 11.6 Å². The van der Waals surface area contributed by atoms with Crippen molar-refractivity contribution in [1.82, 2.24) is 5.32 Å². The van der Waals surface area contributed by atoms with Gasteiger partial charge in [0.2, 0.25) is 11.8 Å². The van der Waals surface area contributed by atoms with Crippen LogP contribution in [0.1, 0.15) is 40.9 Å². The van der Waals surface area contributed by atoms with E-state index in [0.717, 1.165) is 16.0 Å². The first kappa shape index (κ1) is 24.2. The summed E-state index contributed by atoms with van der Waals surface area (Å²) in [7, 11) is 1.30. The minimum Gasteiger partial charge on any atom is -0.468 e. The van der Waals surface area contributed by atoms with E-state index in [1.54, 1.807) is 36.0 Å². The van der Waals surface area contributed by atoms with Gasteiger partial charge in [0.25, 0.3) is 0 Å². The zero-order valence-electron chi connectivity index (χ0n) is 19.7. The van der Waals surface area contributed by atoms with Gasteiger partial charge in [-0.25, -0.2) is 4.90 Å². The van der Waals surface area contributed by atoms with Crippen LogP contribution in [0.2, 0.25) is 0 Å². The number of nitrogens with one attached hydrogen (secondary N) is 1. The molecule has 0 spiro atoms. The highest BCUT2D eigenvalue weighted by atomic mass is 32.2. The third-order valence-electron chi connectivity index (χ3n) is 6.94. The molecule has 0 aromatic heterocycles. The van der Waals surface area contributed by atoms with E-state index in [1.165, 1.54) is 14.0 Å². The Labute approximate surface area is 203 Å². The molecule has 7 nitrogen and oxygen atoms in total. The van der Waals surface area contributed by atoms with Crippen LogP contribution < -0.4 is 10.2 Å². The number of anilines is 1. The van der Waals surface area contributed by atoms with E-state index >= 15 is 0 Å². The molecule has 2 aromatic carbocycles. The molecule has 34 heavy (non-hydrogen) atoms. The van der Waals surface area contributed by atoms with E-state index in [9.17, 15) is 19.2 Å².